The van der Waals surface area contributed by atoms with Crippen molar-refractivity contribution in [2.24, 2.45) is 5.73 Å². The molecule has 0 aromatic heterocycles. The van der Waals surface area contributed by atoms with Gasteiger partial charge in [-0.25, -0.2) is 0 Å². The first-order chi connectivity index (χ1) is 4.55. The minimum absolute atomic E-state index is 0.134. The number of hydrogen-bond donors (Lipinski definition) is 1. The number of nitriles is 1. The second-order valence-electron chi connectivity index (χ2n) is 2.99. The van der Waals surface area contributed by atoms with E-state index in [1.807, 2.05) is 0 Å². The molecule has 0 aliphatic carbocycles. The van der Waals surface area contributed by atoms with Crippen LogP contribution in [0.3, 0.4) is 0 Å². The molecule has 0 aromatic carbocycles. The van der Waals surface area contributed by atoms with Crippen LogP contribution in [0.1, 0.15) is 20.3 Å². The summed E-state index contributed by atoms with van der Waals surface area (Å²) in [6, 6.07) is 2.10. The lowest BCUT2D eigenvalue weighted by molar-refractivity contribution is 0.727. The fraction of sp³-hybridized carbons (Fsp3) is 0.571. The monoisotopic (exact) mass is 154 g/mol. The Hall–Kier alpha value is -0.620. The van der Waals surface area contributed by atoms with E-state index in [0.717, 1.165) is 12.0 Å². The van der Waals surface area contributed by atoms with Gasteiger partial charge in [-0.15, -0.1) is 11.8 Å². The summed E-state index contributed by atoms with van der Waals surface area (Å²) in [6.45, 7) is 4.18. The molecule has 10 heavy (non-hydrogen) atoms. The van der Waals surface area contributed by atoms with Crippen molar-refractivity contribution in [2.45, 2.75) is 25.0 Å². The maximum atomic E-state index is 8.57. The van der Waals surface area contributed by atoms with Gasteiger partial charge in [0.1, 0.15) is 0 Å². The van der Waals surface area contributed by atoms with Gasteiger partial charge in [-0.3, -0.25) is 0 Å². The average Bonchev–Trinajstić information content (AvgIpc) is 2.05. The van der Waals surface area contributed by atoms with Gasteiger partial charge in [0.2, 0.25) is 0 Å². The van der Waals surface area contributed by atoms with Crippen molar-refractivity contribution < 1.29 is 0 Å². The molecule has 1 aliphatic heterocycles. The van der Waals surface area contributed by atoms with Crippen LogP contribution in [0, 0.1) is 11.3 Å². The third-order valence-electron chi connectivity index (χ3n) is 1.42. The molecule has 0 unspecified atom stereocenters. The van der Waals surface area contributed by atoms with Crippen LogP contribution in [-0.4, -0.2) is 4.75 Å². The number of nitrogens with two attached hydrogens (primary N) is 1. The first-order valence-corrected chi connectivity index (χ1v) is 3.94. The van der Waals surface area contributed by atoms with Crippen LogP contribution in [0.15, 0.2) is 10.6 Å². The number of allylic oxidation sites excluding steroid dienone is 1. The van der Waals surface area contributed by atoms with Crippen molar-refractivity contribution in [1.82, 2.24) is 0 Å². The molecule has 2 nitrogen and oxygen atoms in total. The molecular formula is C7H10N2S. The van der Waals surface area contributed by atoms with Gasteiger partial charge < -0.3 is 5.73 Å². The highest BCUT2D eigenvalue weighted by atomic mass is 32.2. The molecule has 0 radical (unpaired) electrons. The van der Waals surface area contributed by atoms with Crippen LogP contribution >= 0.6 is 11.8 Å². The van der Waals surface area contributed by atoms with E-state index in [1.165, 1.54) is 0 Å². The molecule has 0 fully saturated rings. The van der Waals surface area contributed by atoms with E-state index in [0.29, 0.717) is 5.03 Å². The van der Waals surface area contributed by atoms with E-state index in [1.54, 1.807) is 11.8 Å². The molecule has 2 N–H and O–H groups in total. The van der Waals surface area contributed by atoms with Crippen LogP contribution in [0.5, 0.6) is 0 Å². The van der Waals surface area contributed by atoms with E-state index in [9.17, 15) is 0 Å². The maximum absolute atomic E-state index is 8.57. The summed E-state index contributed by atoms with van der Waals surface area (Å²) < 4.78 is 0.134. The summed E-state index contributed by atoms with van der Waals surface area (Å²) in [7, 11) is 0. The smallest absolute Gasteiger partial charge is 0.0974 e. The fourth-order valence-electron chi connectivity index (χ4n) is 1.00. The van der Waals surface area contributed by atoms with Gasteiger partial charge >= 0.3 is 0 Å². The Bertz CT molecular complexity index is 222. The second-order valence-corrected chi connectivity index (χ2v) is 4.74. The number of thioether (sulfide) groups is 1. The van der Waals surface area contributed by atoms with Crippen LogP contribution < -0.4 is 5.73 Å². The lowest BCUT2D eigenvalue weighted by Crippen LogP contribution is -2.09. The lowest BCUT2D eigenvalue weighted by Gasteiger charge is -2.14. The summed E-state index contributed by atoms with van der Waals surface area (Å²) in [5, 5.41) is 9.27. The molecule has 0 saturated carbocycles. The third kappa shape index (κ3) is 1.27. The van der Waals surface area contributed by atoms with Crippen LogP contribution in [-0.2, 0) is 0 Å². The van der Waals surface area contributed by atoms with Crippen LogP contribution in [0.25, 0.3) is 0 Å². The minimum atomic E-state index is 0.134. The summed E-state index contributed by atoms with van der Waals surface area (Å²) >= 11 is 1.59. The molecule has 1 aliphatic rings. The first-order valence-electron chi connectivity index (χ1n) is 3.13. The summed E-state index contributed by atoms with van der Waals surface area (Å²) in [4.78, 5) is 0. The summed E-state index contributed by atoms with van der Waals surface area (Å²) in [5.41, 5.74) is 6.33. The van der Waals surface area contributed by atoms with Gasteiger partial charge in [0.25, 0.3) is 0 Å². The van der Waals surface area contributed by atoms with Crippen LogP contribution in [0.4, 0.5) is 0 Å². The number of nitrogens with zero attached hydrogens (tertiary/aromatic N) is 1. The van der Waals surface area contributed by atoms with Gasteiger partial charge in [0, 0.05) is 4.75 Å². The van der Waals surface area contributed by atoms with Gasteiger partial charge in [-0.1, -0.05) is 0 Å². The van der Waals surface area contributed by atoms with Crippen molar-refractivity contribution in [3.05, 3.63) is 10.6 Å². The molecule has 54 valence electrons. The Morgan fingerprint density at radius 2 is 2.30 bits per heavy atom. The topological polar surface area (TPSA) is 49.8 Å². The zero-order valence-corrected chi connectivity index (χ0v) is 6.96. The van der Waals surface area contributed by atoms with E-state index >= 15 is 0 Å². The highest BCUT2D eigenvalue weighted by molar-refractivity contribution is 8.04. The minimum Gasteiger partial charge on any atom is -0.393 e. The standard InChI is InChI=1S/C7H10N2S/c1-7(2)3-5(4-8)6(9)10-7/h3,9H2,1-2H3. The van der Waals surface area contributed by atoms with Crippen LogP contribution in [0.2, 0.25) is 0 Å². The molecule has 0 amide bonds. The van der Waals surface area contributed by atoms with Crippen molar-refractivity contribution in [1.29, 1.82) is 5.26 Å². The summed E-state index contributed by atoms with van der Waals surface area (Å²) in [6.07, 6.45) is 0.806. The average molecular weight is 154 g/mol. The summed E-state index contributed by atoms with van der Waals surface area (Å²) in [5.74, 6) is 0. The number of hydrogen-bond acceptors (Lipinski definition) is 3. The van der Waals surface area contributed by atoms with Gasteiger partial charge in [0.15, 0.2) is 0 Å². The largest absolute Gasteiger partial charge is 0.393 e. The highest BCUT2D eigenvalue weighted by Crippen LogP contribution is 2.42. The normalized spacial score (nSPS) is 22.9. The Kier molecular flexibility index (Phi) is 1.65. The third-order valence-corrected chi connectivity index (χ3v) is 2.58. The first kappa shape index (κ1) is 7.49. The van der Waals surface area contributed by atoms with Crippen molar-refractivity contribution >= 4 is 11.8 Å². The quantitative estimate of drug-likeness (QED) is 0.576. The van der Waals surface area contributed by atoms with Crippen molar-refractivity contribution in [3.8, 4) is 6.07 Å². The molecule has 0 spiro atoms. The van der Waals surface area contributed by atoms with Gasteiger partial charge in [-0.2, -0.15) is 5.26 Å². The molecule has 3 heteroatoms. The fourth-order valence-corrected chi connectivity index (χ4v) is 2.06. The molecule has 0 atom stereocenters. The van der Waals surface area contributed by atoms with E-state index in [4.69, 9.17) is 11.0 Å². The Balaban J connectivity index is 2.81. The maximum Gasteiger partial charge on any atom is 0.0974 e. The Morgan fingerprint density at radius 1 is 1.70 bits per heavy atom. The van der Waals surface area contributed by atoms with Gasteiger partial charge in [0.05, 0.1) is 16.7 Å². The van der Waals surface area contributed by atoms with E-state index < -0.39 is 0 Å². The predicted molar refractivity (Wildman–Crippen MR) is 43.1 cm³/mol. The molecule has 0 bridgehead atoms. The van der Waals surface area contributed by atoms with Crippen molar-refractivity contribution in [3.63, 3.8) is 0 Å². The SMILES string of the molecule is CC1(C)CC(C#N)=C(N)S1. The van der Waals surface area contributed by atoms with E-state index in [-0.39, 0.29) is 4.75 Å². The Morgan fingerprint density at radius 3 is 2.50 bits per heavy atom. The zero-order valence-electron chi connectivity index (χ0n) is 6.14. The van der Waals surface area contributed by atoms with Crippen molar-refractivity contribution in [2.75, 3.05) is 0 Å². The molecule has 1 heterocycles. The second kappa shape index (κ2) is 2.21. The van der Waals surface area contributed by atoms with Gasteiger partial charge in [-0.05, 0) is 20.3 Å². The Labute approximate surface area is 65.1 Å². The molecule has 0 saturated heterocycles. The molecule has 0 aromatic rings. The molecule has 1 rings (SSSR count). The predicted octanol–water partition coefficient (Wildman–Crippen LogP) is 1.60. The lowest BCUT2D eigenvalue weighted by atomic mass is 10.0. The van der Waals surface area contributed by atoms with E-state index in [2.05, 4.69) is 19.9 Å². The number of rotatable bonds is 0. The highest BCUT2D eigenvalue weighted by Gasteiger charge is 2.29. The molecular weight excluding hydrogens is 144 g/mol. The zero-order chi connectivity index (χ0) is 7.78.